The number of nitrogens with zero attached hydrogens (tertiary/aromatic N) is 1. The largest absolute Gasteiger partial charge is 0.315 e. The summed E-state index contributed by atoms with van der Waals surface area (Å²) in [5.74, 6) is 0. The summed E-state index contributed by atoms with van der Waals surface area (Å²) in [6.07, 6.45) is -1.24. The van der Waals surface area contributed by atoms with Gasteiger partial charge in [-0.3, -0.25) is 4.90 Å². The molecule has 0 aliphatic heterocycles. The van der Waals surface area contributed by atoms with E-state index in [2.05, 4.69) is 22.1 Å². The Morgan fingerprint density at radius 3 is 2.88 bits per heavy atom. The minimum absolute atomic E-state index is 0.147. The van der Waals surface area contributed by atoms with E-state index in [1.54, 1.807) is 23.3 Å². The van der Waals surface area contributed by atoms with Crippen molar-refractivity contribution in [3.05, 3.63) is 22.4 Å². The van der Waals surface area contributed by atoms with Gasteiger partial charge in [0.15, 0.2) is 0 Å². The molecule has 0 amide bonds. The van der Waals surface area contributed by atoms with Crippen molar-refractivity contribution in [3.8, 4) is 0 Å². The fourth-order valence-electron chi connectivity index (χ4n) is 1.39. The summed E-state index contributed by atoms with van der Waals surface area (Å²) in [4.78, 5) is 1.64. The van der Waals surface area contributed by atoms with Crippen LogP contribution in [0, 0.1) is 0 Å². The van der Waals surface area contributed by atoms with E-state index in [0.29, 0.717) is 6.54 Å². The van der Waals surface area contributed by atoms with Gasteiger partial charge in [-0.15, -0.1) is 0 Å². The van der Waals surface area contributed by atoms with Crippen LogP contribution in [0.1, 0.15) is 5.56 Å². The van der Waals surface area contributed by atoms with Crippen LogP contribution >= 0.6 is 11.3 Å². The number of halogens is 2. The van der Waals surface area contributed by atoms with Gasteiger partial charge in [0.05, 0.1) is 6.54 Å². The first-order valence-electron chi connectivity index (χ1n) is 5.37. The van der Waals surface area contributed by atoms with Gasteiger partial charge in [0, 0.05) is 13.1 Å². The van der Waals surface area contributed by atoms with Crippen molar-refractivity contribution in [3.63, 3.8) is 0 Å². The van der Waals surface area contributed by atoms with Crippen LogP contribution in [0.2, 0.25) is 0 Å². The van der Waals surface area contributed by atoms with Gasteiger partial charge in [-0.1, -0.05) is 0 Å². The molecule has 1 aromatic heterocycles. The lowest BCUT2D eigenvalue weighted by atomic mass is 10.2. The molecule has 0 aliphatic carbocycles. The highest BCUT2D eigenvalue weighted by atomic mass is 32.1. The van der Waals surface area contributed by atoms with Gasteiger partial charge in [-0.25, -0.2) is 8.78 Å². The third-order valence-corrected chi connectivity index (χ3v) is 3.02. The van der Waals surface area contributed by atoms with Gasteiger partial charge in [0.25, 0.3) is 6.43 Å². The third kappa shape index (κ3) is 6.15. The number of nitrogens with one attached hydrogen (secondary N) is 1. The van der Waals surface area contributed by atoms with Crippen molar-refractivity contribution < 1.29 is 8.78 Å². The van der Waals surface area contributed by atoms with Gasteiger partial charge < -0.3 is 5.32 Å². The van der Waals surface area contributed by atoms with Gasteiger partial charge in [-0.2, -0.15) is 11.3 Å². The van der Waals surface area contributed by atoms with Gasteiger partial charge in [-0.05, 0) is 42.4 Å². The summed E-state index contributed by atoms with van der Waals surface area (Å²) in [6, 6.07) is 2.11. The molecule has 2 nitrogen and oxygen atoms in total. The molecule has 1 rings (SSSR count). The molecule has 0 radical (unpaired) electrons. The van der Waals surface area contributed by atoms with E-state index in [1.807, 2.05) is 0 Å². The molecule has 5 heteroatoms. The second-order valence-corrected chi connectivity index (χ2v) is 4.56. The Morgan fingerprint density at radius 1 is 1.44 bits per heavy atom. The van der Waals surface area contributed by atoms with Gasteiger partial charge in [0.1, 0.15) is 0 Å². The Morgan fingerprint density at radius 2 is 2.25 bits per heavy atom. The molecule has 92 valence electrons. The van der Waals surface area contributed by atoms with Crippen LogP contribution < -0.4 is 5.32 Å². The molecule has 1 aromatic rings. The summed E-state index contributed by atoms with van der Waals surface area (Å²) in [5.41, 5.74) is 1.33. The summed E-state index contributed by atoms with van der Waals surface area (Å²) in [7, 11) is 1.71. The first-order chi connectivity index (χ1) is 7.68. The number of alkyl halides is 2. The highest BCUT2D eigenvalue weighted by molar-refractivity contribution is 7.07. The lowest BCUT2D eigenvalue weighted by Crippen LogP contribution is -2.33. The molecule has 1 N–H and O–H groups in total. The highest BCUT2D eigenvalue weighted by Crippen LogP contribution is 2.05. The van der Waals surface area contributed by atoms with Crippen molar-refractivity contribution in [2.75, 3.05) is 33.2 Å². The maximum Gasteiger partial charge on any atom is 0.251 e. The van der Waals surface area contributed by atoms with Crippen LogP contribution in [0.5, 0.6) is 0 Å². The molecule has 0 saturated carbocycles. The molecule has 16 heavy (non-hydrogen) atoms. The van der Waals surface area contributed by atoms with E-state index < -0.39 is 6.43 Å². The number of thiophene rings is 1. The fourth-order valence-corrected chi connectivity index (χ4v) is 2.09. The summed E-state index contributed by atoms with van der Waals surface area (Å²) in [6.45, 7) is 2.17. The molecule has 0 bridgehead atoms. The second-order valence-electron chi connectivity index (χ2n) is 3.78. The van der Waals surface area contributed by atoms with E-state index in [-0.39, 0.29) is 6.54 Å². The van der Waals surface area contributed by atoms with Crippen LogP contribution in [0.15, 0.2) is 16.8 Å². The zero-order chi connectivity index (χ0) is 11.8. The van der Waals surface area contributed by atoms with E-state index in [4.69, 9.17) is 0 Å². The smallest absolute Gasteiger partial charge is 0.251 e. The molecule has 0 aliphatic rings. The van der Waals surface area contributed by atoms with E-state index in [1.165, 1.54) is 5.56 Å². The number of hydrogen-bond acceptors (Lipinski definition) is 3. The standard InChI is InChI=1S/C11H18F2N2S/c1-15(8-11(12)13)6-5-14-4-2-10-3-7-16-9-10/h3,7,9,11,14H,2,4-6,8H2,1H3. The van der Waals surface area contributed by atoms with Crippen LogP contribution in [0.3, 0.4) is 0 Å². The molecule has 0 saturated heterocycles. The lowest BCUT2D eigenvalue weighted by molar-refractivity contribution is 0.101. The predicted molar refractivity (Wildman–Crippen MR) is 64.4 cm³/mol. The van der Waals surface area contributed by atoms with E-state index >= 15 is 0 Å². The molecule has 0 unspecified atom stereocenters. The zero-order valence-corrected chi connectivity index (χ0v) is 10.3. The minimum atomic E-state index is -2.24. The van der Waals surface area contributed by atoms with Crippen LogP contribution in [0.4, 0.5) is 8.78 Å². The van der Waals surface area contributed by atoms with Gasteiger partial charge in [0.2, 0.25) is 0 Å². The molecule has 1 heterocycles. The monoisotopic (exact) mass is 248 g/mol. The normalized spacial score (nSPS) is 11.6. The van der Waals surface area contributed by atoms with E-state index in [0.717, 1.165) is 19.5 Å². The summed E-state index contributed by atoms with van der Waals surface area (Å²) < 4.78 is 24.0. The number of likely N-dealkylation sites (N-methyl/N-ethyl adjacent to an activating group) is 1. The van der Waals surface area contributed by atoms with Crippen molar-refractivity contribution >= 4 is 11.3 Å². The Labute approximate surface area is 99.3 Å². The van der Waals surface area contributed by atoms with Gasteiger partial charge >= 0.3 is 0 Å². The van der Waals surface area contributed by atoms with Crippen molar-refractivity contribution in [2.24, 2.45) is 0 Å². The number of hydrogen-bond donors (Lipinski definition) is 1. The van der Waals surface area contributed by atoms with Crippen LogP contribution in [-0.4, -0.2) is 44.6 Å². The first-order valence-corrected chi connectivity index (χ1v) is 6.31. The molecule has 0 spiro atoms. The third-order valence-electron chi connectivity index (χ3n) is 2.29. The quantitative estimate of drug-likeness (QED) is 0.709. The van der Waals surface area contributed by atoms with Crippen molar-refractivity contribution in [1.29, 1.82) is 0 Å². The topological polar surface area (TPSA) is 15.3 Å². The first kappa shape index (κ1) is 13.5. The maximum atomic E-state index is 12.0. The fraction of sp³-hybridized carbons (Fsp3) is 0.636. The Balaban J connectivity index is 1.95. The zero-order valence-electron chi connectivity index (χ0n) is 9.46. The summed E-state index contributed by atoms with van der Waals surface area (Å²) in [5, 5.41) is 7.44. The molecule has 0 fully saturated rings. The Kier molecular flexibility index (Phi) is 6.52. The Hall–Kier alpha value is -0.520. The highest BCUT2D eigenvalue weighted by Gasteiger charge is 2.06. The maximum absolute atomic E-state index is 12.0. The average molecular weight is 248 g/mol. The average Bonchev–Trinajstić information content (AvgIpc) is 2.68. The van der Waals surface area contributed by atoms with Crippen LogP contribution in [-0.2, 0) is 6.42 Å². The molecule has 0 atom stereocenters. The van der Waals surface area contributed by atoms with E-state index in [9.17, 15) is 8.78 Å². The minimum Gasteiger partial charge on any atom is -0.315 e. The second kappa shape index (κ2) is 7.70. The molecule has 0 aromatic carbocycles. The van der Waals surface area contributed by atoms with Crippen LogP contribution in [0.25, 0.3) is 0 Å². The molecular weight excluding hydrogens is 230 g/mol. The van der Waals surface area contributed by atoms with Crippen molar-refractivity contribution in [2.45, 2.75) is 12.8 Å². The lowest BCUT2D eigenvalue weighted by Gasteiger charge is -2.15. The molecular formula is C11H18F2N2S. The Bertz CT molecular complexity index is 265. The predicted octanol–water partition coefficient (Wildman–Crippen LogP) is 2.08. The SMILES string of the molecule is CN(CCNCCc1ccsc1)CC(F)F. The number of rotatable bonds is 8. The summed E-state index contributed by atoms with van der Waals surface area (Å²) >= 11 is 1.70. The van der Waals surface area contributed by atoms with Crippen molar-refractivity contribution in [1.82, 2.24) is 10.2 Å².